The van der Waals surface area contributed by atoms with Crippen molar-refractivity contribution in [1.82, 2.24) is 0 Å². The number of hydrogen-bond acceptors (Lipinski definition) is 8. The molecule has 0 amide bonds. The molecule has 0 saturated heterocycles. The van der Waals surface area contributed by atoms with Crippen LogP contribution in [0.15, 0.2) is 24.3 Å². The molecule has 0 bridgehead atoms. The van der Waals surface area contributed by atoms with Gasteiger partial charge in [0.15, 0.2) is 6.10 Å². The minimum Gasteiger partial charge on any atom is -0.462 e. The van der Waals surface area contributed by atoms with Crippen LogP contribution in [0.4, 0.5) is 0 Å². The van der Waals surface area contributed by atoms with E-state index in [0.717, 1.165) is 51.4 Å². The molecule has 0 aromatic rings. The lowest BCUT2D eigenvalue weighted by molar-refractivity contribution is -0.161. The highest BCUT2D eigenvalue weighted by molar-refractivity contribution is 7.47. The van der Waals surface area contributed by atoms with Crippen LogP contribution < -0.4 is 5.73 Å². The van der Waals surface area contributed by atoms with Gasteiger partial charge in [-0.25, -0.2) is 4.57 Å². The van der Waals surface area contributed by atoms with Crippen LogP contribution in [0.5, 0.6) is 0 Å². The maximum atomic E-state index is 12.5. The smallest absolute Gasteiger partial charge is 0.462 e. The zero-order valence-corrected chi connectivity index (χ0v) is 29.5. The van der Waals surface area contributed by atoms with Gasteiger partial charge < -0.3 is 20.1 Å². The van der Waals surface area contributed by atoms with E-state index in [4.69, 9.17) is 24.3 Å². The molecule has 0 saturated carbocycles. The van der Waals surface area contributed by atoms with Gasteiger partial charge in [-0.3, -0.25) is 18.6 Å². The Morgan fingerprint density at radius 1 is 0.667 bits per heavy atom. The second kappa shape index (κ2) is 32.4. The van der Waals surface area contributed by atoms with Crippen molar-refractivity contribution in [2.75, 3.05) is 26.4 Å². The molecule has 2 atom stereocenters. The van der Waals surface area contributed by atoms with E-state index in [1.807, 2.05) is 0 Å². The monoisotopic (exact) mass is 659 g/mol. The summed E-state index contributed by atoms with van der Waals surface area (Å²) in [6.45, 7) is 3.63. The van der Waals surface area contributed by atoms with E-state index in [1.54, 1.807) is 0 Å². The Hall–Kier alpha value is -1.51. The number of phosphoric ester groups is 1. The average Bonchev–Trinajstić information content (AvgIpc) is 3.02. The molecule has 0 aliphatic rings. The van der Waals surface area contributed by atoms with Crippen LogP contribution in [0, 0.1) is 0 Å². The summed E-state index contributed by atoms with van der Waals surface area (Å²) in [6.07, 6.45) is 30.8. The van der Waals surface area contributed by atoms with E-state index in [2.05, 4.69) is 38.2 Å². The summed E-state index contributed by atoms with van der Waals surface area (Å²) in [6, 6.07) is 0. The van der Waals surface area contributed by atoms with Crippen molar-refractivity contribution in [2.24, 2.45) is 5.73 Å². The molecule has 0 aliphatic heterocycles. The van der Waals surface area contributed by atoms with Crippen molar-refractivity contribution >= 4 is 19.8 Å². The molecule has 10 heteroatoms. The van der Waals surface area contributed by atoms with Crippen LogP contribution in [0.1, 0.15) is 155 Å². The van der Waals surface area contributed by atoms with Crippen LogP contribution >= 0.6 is 7.82 Å². The summed E-state index contributed by atoms with van der Waals surface area (Å²) < 4.78 is 32.5. The highest BCUT2D eigenvalue weighted by Gasteiger charge is 2.25. The molecule has 0 spiro atoms. The number of carbonyl (C=O) groups excluding carboxylic acids is 2. The summed E-state index contributed by atoms with van der Waals surface area (Å²) >= 11 is 0. The summed E-state index contributed by atoms with van der Waals surface area (Å²) in [5.41, 5.74) is 5.31. The van der Waals surface area contributed by atoms with Crippen LogP contribution in [0.3, 0.4) is 0 Å². The van der Waals surface area contributed by atoms with Gasteiger partial charge in [0, 0.05) is 19.4 Å². The van der Waals surface area contributed by atoms with Crippen molar-refractivity contribution in [1.29, 1.82) is 0 Å². The fourth-order valence-corrected chi connectivity index (χ4v) is 5.43. The number of ether oxygens (including phenoxy) is 2. The summed E-state index contributed by atoms with van der Waals surface area (Å²) in [4.78, 5) is 34.5. The van der Waals surface area contributed by atoms with Gasteiger partial charge in [-0.15, -0.1) is 0 Å². The highest BCUT2D eigenvalue weighted by atomic mass is 31.2. The highest BCUT2D eigenvalue weighted by Crippen LogP contribution is 2.43. The van der Waals surface area contributed by atoms with Crippen molar-refractivity contribution < 1.29 is 37.6 Å². The number of phosphoric acid groups is 1. The van der Waals surface area contributed by atoms with Gasteiger partial charge in [0.1, 0.15) is 6.61 Å². The molecule has 0 radical (unpaired) electrons. The van der Waals surface area contributed by atoms with E-state index < -0.39 is 32.5 Å². The van der Waals surface area contributed by atoms with E-state index in [0.29, 0.717) is 6.42 Å². The van der Waals surface area contributed by atoms with Crippen molar-refractivity contribution in [2.45, 2.75) is 161 Å². The number of hydrogen-bond donors (Lipinski definition) is 2. The number of allylic oxidation sites excluding steroid dienone is 4. The van der Waals surface area contributed by atoms with Gasteiger partial charge in [-0.2, -0.15) is 0 Å². The second-order valence-corrected chi connectivity index (χ2v) is 13.2. The van der Waals surface area contributed by atoms with Crippen LogP contribution in [0.2, 0.25) is 0 Å². The van der Waals surface area contributed by atoms with Gasteiger partial charge in [-0.1, -0.05) is 122 Å². The minimum atomic E-state index is -4.36. The molecular formula is C35H66NO8P. The van der Waals surface area contributed by atoms with E-state index in [-0.39, 0.29) is 32.6 Å². The summed E-state index contributed by atoms with van der Waals surface area (Å²) in [7, 11) is -4.36. The summed E-state index contributed by atoms with van der Waals surface area (Å²) in [5, 5.41) is 0. The number of carbonyl (C=O) groups is 2. The van der Waals surface area contributed by atoms with Crippen molar-refractivity contribution in [3.05, 3.63) is 24.3 Å². The molecule has 0 aromatic carbocycles. The van der Waals surface area contributed by atoms with Crippen molar-refractivity contribution in [3.8, 4) is 0 Å². The molecular weight excluding hydrogens is 593 g/mol. The van der Waals surface area contributed by atoms with Gasteiger partial charge in [0.2, 0.25) is 0 Å². The van der Waals surface area contributed by atoms with Crippen LogP contribution in [-0.4, -0.2) is 49.3 Å². The van der Waals surface area contributed by atoms with E-state index in [1.165, 1.54) is 70.6 Å². The lowest BCUT2D eigenvalue weighted by Gasteiger charge is -2.19. The lowest BCUT2D eigenvalue weighted by Crippen LogP contribution is -2.29. The normalized spacial score (nSPS) is 13.8. The first-order valence-corrected chi connectivity index (χ1v) is 19.3. The molecule has 0 aromatic heterocycles. The number of unbranched alkanes of at least 4 members (excludes halogenated alkanes) is 16. The first-order chi connectivity index (χ1) is 21.8. The zero-order chi connectivity index (χ0) is 33.3. The van der Waals surface area contributed by atoms with E-state index >= 15 is 0 Å². The average molecular weight is 660 g/mol. The third-order valence-corrected chi connectivity index (χ3v) is 8.32. The SMILES string of the molecule is CCCCC/C=C\C/C=C\CCCCCCCCCC(=O)OC(COC(=O)CCCCCCCCC)COP(=O)(O)OCCN. The largest absolute Gasteiger partial charge is 0.472 e. The Bertz CT molecular complexity index is 805. The van der Waals surface area contributed by atoms with Gasteiger partial charge in [-0.05, 0) is 44.9 Å². The number of esters is 2. The van der Waals surface area contributed by atoms with Crippen LogP contribution in [0.25, 0.3) is 0 Å². The molecule has 3 N–H and O–H groups in total. The second-order valence-electron chi connectivity index (χ2n) is 11.7. The predicted octanol–water partition coefficient (Wildman–Crippen LogP) is 9.27. The Kier molecular flexibility index (Phi) is 31.3. The first kappa shape index (κ1) is 43.5. The maximum Gasteiger partial charge on any atom is 0.472 e. The van der Waals surface area contributed by atoms with E-state index in [9.17, 15) is 19.0 Å². The Labute approximate surface area is 274 Å². The molecule has 45 heavy (non-hydrogen) atoms. The molecule has 0 fully saturated rings. The fraction of sp³-hybridized carbons (Fsp3) is 0.829. The molecule has 264 valence electrons. The fourth-order valence-electron chi connectivity index (χ4n) is 4.66. The molecule has 9 nitrogen and oxygen atoms in total. The third-order valence-electron chi connectivity index (χ3n) is 7.34. The Morgan fingerprint density at radius 2 is 1.16 bits per heavy atom. The van der Waals surface area contributed by atoms with Gasteiger partial charge in [0.25, 0.3) is 0 Å². The number of nitrogens with two attached hydrogens (primary N) is 1. The first-order valence-electron chi connectivity index (χ1n) is 17.8. The van der Waals surface area contributed by atoms with Gasteiger partial charge in [0.05, 0.1) is 13.2 Å². The third kappa shape index (κ3) is 32.2. The lowest BCUT2D eigenvalue weighted by atomic mass is 10.1. The Balaban J connectivity index is 4.20. The minimum absolute atomic E-state index is 0.0528. The molecule has 0 rings (SSSR count). The predicted molar refractivity (Wildman–Crippen MR) is 183 cm³/mol. The van der Waals surface area contributed by atoms with Crippen LogP contribution in [-0.2, 0) is 32.7 Å². The van der Waals surface area contributed by atoms with Gasteiger partial charge >= 0.3 is 19.8 Å². The standard InChI is InChI=1S/C35H66NO8P/c1-3-5-7-9-11-12-13-14-15-16-17-18-19-20-22-24-26-28-35(38)44-33(32-43-45(39,40)42-30-29-36)31-41-34(37)27-25-23-21-10-8-6-4-2/h11-12,14-15,33H,3-10,13,16-32,36H2,1-2H3,(H,39,40)/b12-11-,15-14-. The quantitative estimate of drug-likeness (QED) is 0.0306. The maximum absolute atomic E-state index is 12.5. The van der Waals surface area contributed by atoms with Crippen molar-refractivity contribution in [3.63, 3.8) is 0 Å². The Morgan fingerprint density at radius 3 is 1.73 bits per heavy atom. The topological polar surface area (TPSA) is 134 Å². The number of rotatable bonds is 33. The zero-order valence-electron chi connectivity index (χ0n) is 28.6. The molecule has 2 unspecified atom stereocenters. The molecule has 0 aliphatic carbocycles. The summed E-state index contributed by atoms with van der Waals surface area (Å²) in [5.74, 6) is -0.845. The molecule has 0 heterocycles.